The topological polar surface area (TPSA) is 0 Å². The van der Waals surface area contributed by atoms with E-state index in [1.165, 1.54) is 22.3 Å². The smallest absolute Gasteiger partial charge is 0.0885 e. The van der Waals surface area contributed by atoms with E-state index in [4.69, 9.17) is 0 Å². The van der Waals surface area contributed by atoms with Crippen LogP contribution in [0.15, 0.2) is 71.2 Å². The molecular weight excluding hydrogens is 307 g/mol. The van der Waals surface area contributed by atoms with E-state index in [1.54, 1.807) is 0 Å². The Balaban J connectivity index is 1.85. The van der Waals surface area contributed by atoms with Crippen LogP contribution in [-0.4, -0.2) is 7.85 Å². The zero-order valence-corrected chi connectivity index (χ0v) is 13.1. The number of hydrogen-bond donors (Lipinski definition) is 0. The lowest BCUT2D eigenvalue weighted by Gasteiger charge is -2.12. The van der Waals surface area contributed by atoms with Crippen LogP contribution >= 0.6 is 15.9 Å². The second kappa shape index (κ2) is 5.84. The Morgan fingerprint density at radius 1 is 0.850 bits per heavy atom. The third-order valence-corrected chi connectivity index (χ3v) is 4.24. The zero-order chi connectivity index (χ0) is 13.9. The molecule has 0 saturated carbocycles. The monoisotopic (exact) mass is 322 g/mol. The molecule has 20 heavy (non-hydrogen) atoms. The predicted molar refractivity (Wildman–Crippen MR) is 93.6 cm³/mol. The molecule has 0 radical (unpaired) electrons. The van der Waals surface area contributed by atoms with E-state index in [0.29, 0.717) is 5.82 Å². The van der Waals surface area contributed by atoms with Gasteiger partial charge < -0.3 is 0 Å². The molecule has 2 aromatic rings. The summed E-state index contributed by atoms with van der Waals surface area (Å²) >= 11 is 3.47. The molecule has 3 rings (SSSR count). The summed E-state index contributed by atoms with van der Waals surface area (Å²) in [5.41, 5.74) is 5.15. The molecule has 1 aliphatic carbocycles. The average Bonchev–Trinajstić information content (AvgIpc) is 2.49. The van der Waals surface area contributed by atoms with Crippen LogP contribution < -0.4 is 0 Å². The lowest BCUT2D eigenvalue weighted by Crippen LogP contribution is -1.93. The quantitative estimate of drug-likeness (QED) is 0.691. The fourth-order valence-corrected chi connectivity index (χ4v) is 2.70. The third-order valence-electron chi connectivity index (χ3n) is 3.71. The Labute approximate surface area is 129 Å². The lowest BCUT2D eigenvalue weighted by molar-refractivity contribution is 1.03. The molecule has 0 amide bonds. The number of halogens is 1. The lowest BCUT2D eigenvalue weighted by atomic mass is 9.80. The van der Waals surface area contributed by atoms with Crippen LogP contribution in [0.3, 0.4) is 0 Å². The molecule has 0 heterocycles. The van der Waals surface area contributed by atoms with Crippen molar-refractivity contribution in [2.45, 2.75) is 12.2 Å². The van der Waals surface area contributed by atoms with E-state index in [-0.39, 0.29) is 0 Å². The molecule has 2 heteroatoms. The predicted octanol–water partition coefficient (Wildman–Crippen LogP) is 4.88. The first-order valence-electron chi connectivity index (χ1n) is 6.97. The van der Waals surface area contributed by atoms with Crippen molar-refractivity contribution in [3.05, 3.63) is 76.8 Å². The van der Waals surface area contributed by atoms with Crippen molar-refractivity contribution < 1.29 is 0 Å². The minimum absolute atomic E-state index is 0.667. The SMILES string of the molecule is BC1C=CC(c2ccc(-c3ccc(Br)cc3)cc2)=CC1. The summed E-state index contributed by atoms with van der Waals surface area (Å²) in [5, 5.41) is 0. The molecule has 0 nitrogen and oxygen atoms in total. The normalized spacial score (nSPS) is 17.9. The first-order chi connectivity index (χ1) is 9.72. The highest BCUT2D eigenvalue weighted by atomic mass is 79.9. The highest BCUT2D eigenvalue weighted by Gasteiger charge is 2.06. The summed E-state index contributed by atoms with van der Waals surface area (Å²) in [6, 6.07) is 17.3. The van der Waals surface area contributed by atoms with E-state index in [2.05, 4.69) is 90.5 Å². The van der Waals surface area contributed by atoms with Crippen LogP contribution in [0.4, 0.5) is 0 Å². The molecule has 0 fully saturated rings. The Morgan fingerprint density at radius 2 is 1.40 bits per heavy atom. The van der Waals surface area contributed by atoms with Gasteiger partial charge in [0.2, 0.25) is 0 Å². The Bertz CT molecular complexity index is 651. The van der Waals surface area contributed by atoms with Crippen molar-refractivity contribution >= 4 is 29.3 Å². The van der Waals surface area contributed by atoms with Gasteiger partial charge in [0, 0.05) is 4.47 Å². The van der Waals surface area contributed by atoms with Gasteiger partial charge in [-0.1, -0.05) is 70.6 Å². The molecule has 0 saturated heterocycles. The Morgan fingerprint density at radius 3 is 1.95 bits per heavy atom. The minimum Gasteiger partial charge on any atom is -0.0885 e. The Kier molecular flexibility index (Phi) is 3.93. The molecule has 98 valence electrons. The average molecular weight is 323 g/mol. The number of rotatable bonds is 2. The van der Waals surface area contributed by atoms with Crippen molar-refractivity contribution in [1.82, 2.24) is 0 Å². The first kappa shape index (κ1) is 13.4. The second-order valence-electron chi connectivity index (χ2n) is 5.32. The van der Waals surface area contributed by atoms with Crippen LogP contribution in [0.25, 0.3) is 16.7 Å². The molecule has 1 aliphatic rings. The maximum Gasteiger partial charge on any atom is 0.110 e. The van der Waals surface area contributed by atoms with Crippen LogP contribution in [0.1, 0.15) is 12.0 Å². The molecule has 0 N–H and O–H groups in total. The fraction of sp³-hybridized carbons (Fsp3) is 0.111. The van der Waals surface area contributed by atoms with Gasteiger partial charge in [0.05, 0.1) is 0 Å². The summed E-state index contributed by atoms with van der Waals surface area (Å²) in [7, 11) is 2.25. The maximum absolute atomic E-state index is 3.47. The van der Waals surface area contributed by atoms with Gasteiger partial charge in [0.25, 0.3) is 0 Å². The van der Waals surface area contributed by atoms with E-state index < -0.39 is 0 Å². The first-order valence-corrected chi connectivity index (χ1v) is 7.76. The summed E-state index contributed by atoms with van der Waals surface area (Å²) in [6.07, 6.45) is 8.00. The number of benzene rings is 2. The van der Waals surface area contributed by atoms with Gasteiger partial charge in [-0.2, -0.15) is 0 Å². The maximum atomic E-state index is 3.47. The van der Waals surface area contributed by atoms with Gasteiger partial charge >= 0.3 is 0 Å². The van der Waals surface area contributed by atoms with Crippen molar-refractivity contribution in [1.29, 1.82) is 0 Å². The Hall–Kier alpha value is -1.54. The summed E-state index contributed by atoms with van der Waals surface area (Å²) in [5.74, 6) is 0.667. The van der Waals surface area contributed by atoms with Crippen molar-refractivity contribution in [2.24, 2.45) is 0 Å². The number of hydrogen-bond acceptors (Lipinski definition) is 0. The largest absolute Gasteiger partial charge is 0.110 e. The molecule has 0 spiro atoms. The molecule has 1 unspecified atom stereocenters. The highest BCUT2D eigenvalue weighted by molar-refractivity contribution is 9.10. The summed E-state index contributed by atoms with van der Waals surface area (Å²) in [4.78, 5) is 0. The molecule has 0 aromatic heterocycles. The second-order valence-corrected chi connectivity index (χ2v) is 6.23. The van der Waals surface area contributed by atoms with Gasteiger partial charge in [-0.25, -0.2) is 0 Å². The van der Waals surface area contributed by atoms with Gasteiger partial charge in [0.1, 0.15) is 7.85 Å². The molecule has 0 bridgehead atoms. The van der Waals surface area contributed by atoms with Crippen molar-refractivity contribution in [3.63, 3.8) is 0 Å². The van der Waals surface area contributed by atoms with Crippen LogP contribution in [-0.2, 0) is 0 Å². The summed E-state index contributed by atoms with van der Waals surface area (Å²) in [6.45, 7) is 0. The van der Waals surface area contributed by atoms with Crippen LogP contribution in [0.5, 0.6) is 0 Å². The van der Waals surface area contributed by atoms with Crippen LogP contribution in [0, 0.1) is 0 Å². The van der Waals surface area contributed by atoms with Gasteiger partial charge in [-0.15, -0.1) is 0 Å². The molecular formula is C18H16BBr. The van der Waals surface area contributed by atoms with E-state index >= 15 is 0 Å². The van der Waals surface area contributed by atoms with Crippen molar-refractivity contribution in [2.75, 3.05) is 0 Å². The molecule has 1 atom stereocenters. The summed E-state index contributed by atoms with van der Waals surface area (Å²) < 4.78 is 1.12. The van der Waals surface area contributed by atoms with E-state index in [1.807, 2.05) is 0 Å². The van der Waals surface area contributed by atoms with Crippen LogP contribution in [0.2, 0.25) is 5.82 Å². The van der Waals surface area contributed by atoms with E-state index in [0.717, 1.165) is 10.9 Å². The van der Waals surface area contributed by atoms with Gasteiger partial charge in [0.15, 0.2) is 0 Å². The minimum atomic E-state index is 0.667. The molecule has 2 aromatic carbocycles. The zero-order valence-electron chi connectivity index (χ0n) is 11.5. The van der Waals surface area contributed by atoms with Crippen molar-refractivity contribution in [3.8, 4) is 11.1 Å². The standard InChI is InChI=1S/C18H16BBr/c19-17-9-5-15(6-10-17)13-1-3-14(4-2-13)16-7-11-18(20)12-8-16/h1-9,11-12,17H,10,19H2. The van der Waals surface area contributed by atoms with Gasteiger partial charge in [-0.05, 0) is 46.6 Å². The molecule has 0 aliphatic heterocycles. The fourth-order valence-electron chi connectivity index (χ4n) is 2.44. The number of allylic oxidation sites excluding steroid dienone is 4. The van der Waals surface area contributed by atoms with E-state index in [9.17, 15) is 0 Å². The third kappa shape index (κ3) is 2.96. The highest BCUT2D eigenvalue weighted by Crippen LogP contribution is 2.28. The van der Waals surface area contributed by atoms with Gasteiger partial charge in [-0.3, -0.25) is 0 Å².